The molecular weight excluding hydrogens is 1050 g/mol. The molecule has 0 aromatic carbocycles. The number of hydrogen-bond acceptors (Lipinski definition) is 5. The standard InChI is InChI=1S/C80H155NO5/c1-3-5-7-9-11-13-15-17-19-44-48-52-56-60-64-68-72-78(83)77(76-82)81-79(84)73-69-65-61-57-53-49-45-42-40-38-36-34-32-30-28-26-24-22-21-23-25-27-29-31-33-35-37-39-41-43-47-51-55-59-63-67-71-75-86-80(85)74-70-66-62-58-54-50-46-20-18-16-14-12-10-8-6-4-2/h21,23,68,72,77-78,82-83H,3-20,22,24-67,69-71,73-76H2,1-2H3,(H,81,84)/b23-21-,72-68+. The Kier molecular flexibility index (Phi) is 74.3. The normalized spacial score (nSPS) is 12.6. The second-order valence-corrected chi connectivity index (χ2v) is 27.4. The van der Waals surface area contributed by atoms with Crippen LogP contribution in [0.15, 0.2) is 24.3 Å². The molecule has 0 spiro atoms. The van der Waals surface area contributed by atoms with Gasteiger partial charge in [-0.1, -0.05) is 404 Å². The van der Waals surface area contributed by atoms with Crippen molar-refractivity contribution in [1.82, 2.24) is 5.32 Å². The van der Waals surface area contributed by atoms with Crippen molar-refractivity contribution in [3.8, 4) is 0 Å². The quantitative estimate of drug-likeness (QED) is 0.0320. The average molecular weight is 1210 g/mol. The summed E-state index contributed by atoms with van der Waals surface area (Å²) < 4.78 is 5.51. The van der Waals surface area contributed by atoms with Gasteiger partial charge in [0, 0.05) is 12.8 Å². The molecule has 1 amide bonds. The number of hydrogen-bond donors (Lipinski definition) is 3. The lowest BCUT2D eigenvalue weighted by Gasteiger charge is -2.20. The molecule has 86 heavy (non-hydrogen) atoms. The highest BCUT2D eigenvalue weighted by Gasteiger charge is 2.18. The first-order valence-corrected chi connectivity index (χ1v) is 39.6. The summed E-state index contributed by atoms with van der Waals surface area (Å²) in [6, 6.07) is -0.625. The van der Waals surface area contributed by atoms with Crippen LogP contribution in [0.2, 0.25) is 0 Å². The van der Waals surface area contributed by atoms with Crippen molar-refractivity contribution in [2.45, 2.75) is 463 Å². The van der Waals surface area contributed by atoms with Gasteiger partial charge in [-0.2, -0.15) is 0 Å². The van der Waals surface area contributed by atoms with Crippen molar-refractivity contribution >= 4 is 11.9 Å². The second kappa shape index (κ2) is 75.8. The summed E-state index contributed by atoms with van der Waals surface area (Å²) in [5.41, 5.74) is 0. The smallest absolute Gasteiger partial charge is 0.305 e. The molecule has 0 rings (SSSR count). The maximum Gasteiger partial charge on any atom is 0.305 e. The molecule has 510 valence electrons. The monoisotopic (exact) mass is 1210 g/mol. The van der Waals surface area contributed by atoms with Gasteiger partial charge in [0.05, 0.1) is 25.4 Å². The molecule has 2 unspecified atom stereocenters. The number of esters is 1. The molecule has 0 aromatic rings. The van der Waals surface area contributed by atoms with Crippen LogP contribution in [0.4, 0.5) is 0 Å². The zero-order chi connectivity index (χ0) is 62.0. The zero-order valence-corrected chi connectivity index (χ0v) is 58.6. The van der Waals surface area contributed by atoms with Gasteiger partial charge in [-0.25, -0.2) is 0 Å². The highest BCUT2D eigenvalue weighted by atomic mass is 16.5. The van der Waals surface area contributed by atoms with E-state index in [2.05, 4.69) is 31.3 Å². The number of rotatable bonds is 75. The third-order valence-electron chi connectivity index (χ3n) is 18.7. The van der Waals surface area contributed by atoms with Gasteiger partial charge in [-0.3, -0.25) is 9.59 Å². The first kappa shape index (κ1) is 84.3. The minimum absolute atomic E-state index is 0.0256. The minimum atomic E-state index is -0.841. The number of amides is 1. The van der Waals surface area contributed by atoms with E-state index in [0.29, 0.717) is 19.4 Å². The van der Waals surface area contributed by atoms with Gasteiger partial charge < -0.3 is 20.3 Å². The number of aliphatic hydroxyl groups excluding tert-OH is 2. The van der Waals surface area contributed by atoms with E-state index in [4.69, 9.17) is 4.74 Å². The Balaban J connectivity index is 3.33. The number of nitrogens with one attached hydrogen (secondary N) is 1. The van der Waals surface area contributed by atoms with E-state index >= 15 is 0 Å². The molecule has 0 aromatic heterocycles. The molecule has 0 aliphatic rings. The van der Waals surface area contributed by atoms with Gasteiger partial charge in [-0.15, -0.1) is 0 Å². The Morgan fingerprint density at radius 2 is 0.547 bits per heavy atom. The van der Waals surface area contributed by atoms with Crippen molar-refractivity contribution in [2.75, 3.05) is 13.2 Å². The van der Waals surface area contributed by atoms with E-state index in [1.54, 1.807) is 6.08 Å². The molecule has 0 heterocycles. The Bertz CT molecular complexity index is 1350. The van der Waals surface area contributed by atoms with E-state index in [1.165, 1.54) is 385 Å². The first-order valence-electron chi connectivity index (χ1n) is 39.6. The van der Waals surface area contributed by atoms with Gasteiger partial charge in [-0.05, 0) is 57.8 Å². The molecule has 0 saturated heterocycles. The molecule has 0 radical (unpaired) electrons. The molecule has 2 atom stereocenters. The molecule has 6 heteroatoms. The van der Waals surface area contributed by atoms with Crippen LogP contribution in [0, 0.1) is 0 Å². The highest BCUT2D eigenvalue weighted by Crippen LogP contribution is 2.20. The predicted octanol–water partition coefficient (Wildman–Crippen LogP) is 26.0. The van der Waals surface area contributed by atoms with Crippen molar-refractivity contribution < 1.29 is 24.5 Å². The van der Waals surface area contributed by atoms with Crippen LogP contribution >= 0.6 is 0 Å². The molecule has 0 bridgehead atoms. The molecule has 0 saturated carbocycles. The maximum atomic E-state index is 12.5. The lowest BCUT2D eigenvalue weighted by molar-refractivity contribution is -0.143. The molecular formula is C80H155NO5. The van der Waals surface area contributed by atoms with Crippen LogP contribution < -0.4 is 5.32 Å². The van der Waals surface area contributed by atoms with Crippen molar-refractivity contribution in [1.29, 1.82) is 0 Å². The van der Waals surface area contributed by atoms with Crippen LogP contribution in [-0.4, -0.2) is 47.4 Å². The molecule has 0 aliphatic heterocycles. The Labute approximate surface area is 539 Å². The Morgan fingerprint density at radius 1 is 0.314 bits per heavy atom. The Morgan fingerprint density at radius 3 is 0.826 bits per heavy atom. The number of unbranched alkanes of at least 4 members (excludes halogenated alkanes) is 62. The summed E-state index contributed by atoms with van der Waals surface area (Å²) in [6.07, 6.45) is 97.4. The molecule has 0 fully saturated rings. The van der Waals surface area contributed by atoms with Crippen LogP contribution in [0.25, 0.3) is 0 Å². The third-order valence-corrected chi connectivity index (χ3v) is 18.7. The van der Waals surface area contributed by atoms with Gasteiger partial charge in [0.1, 0.15) is 0 Å². The number of carbonyl (C=O) groups excluding carboxylic acids is 2. The molecule has 6 nitrogen and oxygen atoms in total. The summed E-state index contributed by atoms with van der Waals surface area (Å²) in [5.74, 6) is -0.0349. The van der Waals surface area contributed by atoms with E-state index in [9.17, 15) is 19.8 Å². The fourth-order valence-electron chi connectivity index (χ4n) is 12.7. The topological polar surface area (TPSA) is 95.9 Å². The lowest BCUT2D eigenvalue weighted by Crippen LogP contribution is -2.45. The van der Waals surface area contributed by atoms with E-state index in [1.807, 2.05) is 6.08 Å². The van der Waals surface area contributed by atoms with Crippen molar-refractivity contribution in [2.24, 2.45) is 0 Å². The first-order chi connectivity index (χ1) is 42.5. The van der Waals surface area contributed by atoms with Gasteiger partial charge >= 0.3 is 5.97 Å². The SMILES string of the molecule is CCCCCCCCCCCCCCCC/C=C/C(O)C(CO)NC(=O)CCCCCCCCCCCCCCCCCCC/C=C\CCCCCCCCCCCCCCCCCCOC(=O)CCCCCCCCCCCCCCCCCC. The van der Waals surface area contributed by atoms with Crippen LogP contribution in [0.3, 0.4) is 0 Å². The summed E-state index contributed by atoms with van der Waals surface area (Å²) in [6.45, 7) is 4.96. The number of allylic oxidation sites excluding steroid dienone is 3. The molecule has 3 N–H and O–H groups in total. The second-order valence-electron chi connectivity index (χ2n) is 27.4. The van der Waals surface area contributed by atoms with Crippen LogP contribution in [0.5, 0.6) is 0 Å². The largest absolute Gasteiger partial charge is 0.466 e. The van der Waals surface area contributed by atoms with E-state index < -0.39 is 12.1 Å². The molecule has 0 aliphatic carbocycles. The van der Waals surface area contributed by atoms with Crippen molar-refractivity contribution in [3.63, 3.8) is 0 Å². The van der Waals surface area contributed by atoms with Crippen LogP contribution in [-0.2, 0) is 14.3 Å². The summed E-state index contributed by atoms with van der Waals surface area (Å²) >= 11 is 0. The van der Waals surface area contributed by atoms with Crippen molar-refractivity contribution in [3.05, 3.63) is 24.3 Å². The number of aliphatic hydroxyl groups is 2. The fourth-order valence-corrected chi connectivity index (χ4v) is 12.7. The average Bonchev–Trinajstić information content (AvgIpc) is 3.61. The maximum absolute atomic E-state index is 12.5. The lowest BCUT2D eigenvalue weighted by atomic mass is 10.0. The van der Waals surface area contributed by atoms with Gasteiger partial charge in [0.25, 0.3) is 0 Å². The van der Waals surface area contributed by atoms with E-state index in [0.717, 1.165) is 38.5 Å². The summed E-state index contributed by atoms with van der Waals surface area (Å²) in [5, 5.41) is 23.2. The summed E-state index contributed by atoms with van der Waals surface area (Å²) in [4.78, 5) is 24.6. The highest BCUT2D eigenvalue weighted by molar-refractivity contribution is 5.76. The zero-order valence-electron chi connectivity index (χ0n) is 58.6. The summed E-state index contributed by atoms with van der Waals surface area (Å²) in [7, 11) is 0. The predicted molar refractivity (Wildman–Crippen MR) is 380 cm³/mol. The Hall–Kier alpha value is -1.66. The number of ether oxygens (including phenoxy) is 1. The fraction of sp³-hybridized carbons (Fsp3) is 0.925. The van der Waals surface area contributed by atoms with Gasteiger partial charge in [0.2, 0.25) is 5.91 Å². The number of carbonyl (C=O) groups is 2. The van der Waals surface area contributed by atoms with E-state index in [-0.39, 0.29) is 18.5 Å². The van der Waals surface area contributed by atoms with Crippen LogP contribution in [0.1, 0.15) is 450 Å². The third kappa shape index (κ3) is 71.4. The van der Waals surface area contributed by atoms with Gasteiger partial charge in [0.15, 0.2) is 0 Å². The minimum Gasteiger partial charge on any atom is -0.466 e.